The first kappa shape index (κ1) is 12.8. The Hall–Kier alpha value is -1.62. The summed E-state index contributed by atoms with van der Waals surface area (Å²) in [7, 11) is 0. The molecule has 1 aromatic carbocycles. The fourth-order valence-corrected chi connectivity index (χ4v) is 2.28. The summed E-state index contributed by atoms with van der Waals surface area (Å²) in [6.07, 6.45) is 3.98. The minimum absolute atomic E-state index is 0.170. The second-order valence-corrected chi connectivity index (χ2v) is 4.79. The molecule has 2 aromatic rings. The highest BCUT2D eigenvalue weighted by Gasteiger charge is 2.00. The van der Waals surface area contributed by atoms with Crippen LogP contribution in [0.4, 0.5) is 4.39 Å². The summed E-state index contributed by atoms with van der Waals surface area (Å²) in [5.74, 6) is 0.468. The standard InChI is InChI=1S/C13H13FN2OS/c1-2-11-7-16(9-15-13(11)17)18-8-10-3-5-12(14)6-4-10/h3-7,9H,2,8H2,1H3. The van der Waals surface area contributed by atoms with E-state index in [1.807, 2.05) is 10.9 Å². The lowest BCUT2D eigenvalue weighted by Gasteiger charge is -2.06. The van der Waals surface area contributed by atoms with Gasteiger partial charge in [0.05, 0.1) is 0 Å². The highest BCUT2D eigenvalue weighted by molar-refractivity contribution is 7.97. The SMILES string of the molecule is CCc1cn(SCc2ccc(F)cc2)cnc1=O. The van der Waals surface area contributed by atoms with Crippen LogP contribution in [0.15, 0.2) is 41.6 Å². The number of hydrogen-bond acceptors (Lipinski definition) is 3. The van der Waals surface area contributed by atoms with E-state index in [1.165, 1.54) is 30.4 Å². The van der Waals surface area contributed by atoms with E-state index in [1.54, 1.807) is 18.3 Å². The second-order valence-electron chi connectivity index (χ2n) is 3.82. The van der Waals surface area contributed by atoms with Gasteiger partial charge in [0.1, 0.15) is 12.1 Å². The summed E-state index contributed by atoms with van der Waals surface area (Å²) >= 11 is 1.51. The van der Waals surface area contributed by atoms with Crippen LogP contribution in [0.3, 0.4) is 0 Å². The van der Waals surface area contributed by atoms with Crippen LogP contribution in [0.25, 0.3) is 0 Å². The third kappa shape index (κ3) is 3.20. The molecule has 0 aliphatic carbocycles. The molecule has 5 heteroatoms. The summed E-state index contributed by atoms with van der Waals surface area (Å²) in [6, 6.07) is 6.38. The monoisotopic (exact) mass is 264 g/mol. The molecule has 0 N–H and O–H groups in total. The van der Waals surface area contributed by atoms with Gasteiger partial charge in [-0.25, -0.2) is 4.39 Å². The normalized spacial score (nSPS) is 10.6. The smallest absolute Gasteiger partial charge is 0.275 e. The Kier molecular flexibility index (Phi) is 4.15. The number of rotatable bonds is 4. The zero-order chi connectivity index (χ0) is 13.0. The van der Waals surface area contributed by atoms with Crippen molar-refractivity contribution in [3.05, 3.63) is 64.1 Å². The average molecular weight is 264 g/mol. The molecule has 18 heavy (non-hydrogen) atoms. The molecular weight excluding hydrogens is 251 g/mol. The zero-order valence-electron chi connectivity index (χ0n) is 9.97. The molecule has 0 amide bonds. The van der Waals surface area contributed by atoms with Crippen molar-refractivity contribution in [1.82, 2.24) is 8.96 Å². The van der Waals surface area contributed by atoms with Gasteiger partial charge in [-0.2, -0.15) is 4.98 Å². The van der Waals surface area contributed by atoms with Crippen LogP contribution in [0.1, 0.15) is 18.1 Å². The fraction of sp³-hybridized carbons (Fsp3) is 0.231. The first-order valence-electron chi connectivity index (χ1n) is 5.64. The van der Waals surface area contributed by atoms with Gasteiger partial charge in [0, 0.05) is 17.5 Å². The average Bonchev–Trinajstić information content (AvgIpc) is 2.39. The van der Waals surface area contributed by atoms with Crippen molar-refractivity contribution < 1.29 is 4.39 Å². The third-order valence-electron chi connectivity index (χ3n) is 2.52. The molecule has 94 valence electrons. The van der Waals surface area contributed by atoms with E-state index in [9.17, 15) is 9.18 Å². The minimum atomic E-state index is -0.234. The number of benzene rings is 1. The van der Waals surface area contributed by atoms with E-state index in [4.69, 9.17) is 0 Å². The Labute approximate surface area is 109 Å². The molecular formula is C13H13FN2OS. The van der Waals surface area contributed by atoms with Crippen molar-refractivity contribution in [2.75, 3.05) is 0 Å². The van der Waals surface area contributed by atoms with Crippen LogP contribution in [0, 0.1) is 5.82 Å². The van der Waals surface area contributed by atoms with Crippen molar-refractivity contribution in [2.45, 2.75) is 19.1 Å². The van der Waals surface area contributed by atoms with Crippen molar-refractivity contribution in [2.24, 2.45) is 0 Å². The Balaban J connectivity index is 2.06. The molecule has 2 rings (SSSR count). The molecule has 0 radical (unpaired) electrons. The summed E-state index contributed by atoms with van der Waals surface area (Å²) in [6.45, 7) is 1.92. The van der Waals surface area contributed by atoms with Crippen LogP contribution < -0.4 is 5.56 Å². The Morgan fingerprint density at radius 1 is 1.33 bits per heavy atom. The molecule has 3 nitrogen and oxygen atoms in total. The molecule has 0 saturated heterocycles. The van der Waals surface area contributed by atoms with Gasteiger partial charge in [-0.3, -0.25) is 8.77 Å². The zero-order valence-corrected chi connectivity index (χ0v) is 10.8. The quantitative estimate of drug-likeness (QED) is 0.851. The van der Waals surface area contributed by atoms with Crippen molar-refractivity contribution in [1.29, 1.82) is 0 Å². The van der Waals surface area contributed by atoms with Crippen LogP contribution in [-0.2, 0) is 12.2 Å². The lowest BCUT2D eigenvalue weighted by Crippen LogP contribution is -2.13. The second kappa shape index (κ2) is 5.82. The number of nitrogens with zero attached hydrogens (tertiary/aromatic N) is 2. The number of aromatic nitrogens is 2. The molecule has 0 spiro atoms. The summed E-state index contributed by atoms with van der Waals surface area (Å²) in [5, 5.41) is 0. The van der Waals surface area contributed by atoms with Crippen LogP contribution in [0.5, 0.6) is 0 Å². The highest BCUT2D eigenvalue weighted by Crippen LogP contribution is 2.14. The van der Waals surface area contributed by atoms with Gasteiger partial charge < -0.3 is 0 Å². The summed E-state index contributed by atoms with van der Waals surface area (Å²) in [4.78, 5) is 15.1. The maximum Gasteiger partial charge on any atom is 0.275 e. The molecule has 0 atom stereocenters. The Morgan fingerprint density at radius 2 is 2.06 bits per heavy atom. The van der Waals surface area contributed by atoms with E-state index in [-0.39, 0.29) is 11.4 Å². The van der Waals surface area contributed by atoms with Gasteiger partial charge in [0.15, 0.2) is 0 Å². The van der Waals surface area contributed by atoms with Gasteiger partial charge in [-0.05, 0) is 36.1 Å². The Bertz CT molecular complexity index is 580. The van der Waals surface area contributed by atoms with E-state index >= 15 is 0 Å². The molecule has 1 aromatic heterocycles. The number of halogens is 1. The van der Waals surface area contributed by atoms with Crippen LogP contribution >= 0.6 is 11.9 Å². The lowest BCUT2D eigenvalue weighted by molar-refractivity contribution is 0.627. The summed E-state index contributed by atoms with van der Waals surface area (Å²) in [5.41, 5.74) is 1.55. The predicted octanol–water partition coefficient (Wildman–Crippen LogP) is 2.64. The van der Waals surface area contributed by atoms with Crippen LogP contribution in [-0.4, -0.2) is 8.96 Å². The maximum absolute atomic E-state index is 12.7. The lowest BCUT2D eigenvalue weighted by atomic mass is 10.2. The predicted molar refractivity (Wildman–Crippen MR) is 71.0 cm³/mol. The molecule has 0 saturated carbocycles. The molecule has 0 fully saturated rings. The largest absolute Gasteiger partial charge is 0.281 e. The number of aryl methyl sites for hydroxylation is 1. The third-order valence-corrected chi connectivity index (χ3v) is 3.48. The maximum atomic E-state index is 12.7. The van der Waals surface area contributed by atoms with E-state index < -0.39 is 0 Å². The van der Waals surface area contributed by atoms with Gasteiger partial charge in [0.25, 0.3) is 5.56 Å². The first-order chi connectivity index (χ1) is 8.69. The Morgan fingerprint density at radius 3 is 2.72 bits per heavy atom. The highest BCUT2D eigenvalue weighted by atomic mass is 32.2. The van der Waals surface area contributed by atoms with Gasteiger partial charge in [-0.15, -0.1) is 0 Å². The molecule has 0 unspecified atom stereocenters. The van der Waals surface area contributed by atoms with E-state index in [2.05, 4.69) is 4.98 Å². The van der Waals surface area contributed by atoms with Gasteiger partial charge in [-0.1, -0.05) is 19.1 Å². The van der Waals surface area contributed by atoms with Gasteiger partial charge in [0.2, 0.25) is 0 Å². The molecule has 0 bridgehead atoms. The van der Waals surface area contributed by atoms with E-state index in [0.717, 1.165) is 5.56 Å². The molecule has 0 aliphatic rings. The van der Waals surface area contributed by atoms with Crippen molar-refractivity contribution in [3.8, 4) is 0 Å². The van der Waals surface area contributed by atoms with Crippen molar-refractivity contribution in [3.63, 3.8) is 0 Å². The minimum Gasteiger partial charge on any atom is -0.281 e. The molecule has 1 heterocycles. The number of hydrogen-bond donors (Lipinski definition) is 0. The van der Waals surface area contributed by atoms with Gasteiger partial charge >= 0.3 is 0 Å². The van der Waals surface area contributed by atoms with E-state index in [0.29, 0.717) is 17.7 Å². The summed E-state index contributed by atoms with van der Waals surface area (Å²) < 4.78 is 14.5. The first-order valence-corrected chi connectivity index (χ1v) is 6.58. The topological polar surface area (TPSA) is 34.9 Å². The van der Waals surface area contributed by atoms with Crippen molar-refractivity contribution >= 4 is 11.9 Å². The fourth-order valence-electron chi connectivity index (χ4n) is 1.48. The van der Waals surface area contributed by atoms with Crippen LogP contribution in [0.2, 0.25) is 0 Å². The molecule has 0 aliphatic heterocycles.